The number of ether oxygens (including phenoxy) is 3. The highest BCUT2D eigenvalue weighted by Gasteiger charge is 2.27. The molecule has 0 radical (unpaired) electrons. The Hall–Kier alpha value is -4.98. The number of fused-ring (bicyclic) bond motifs is 1. The molecule has 14 nitrogen and oxygen atoms in total. The topological polar surface area (TPSA) is 193 Å². The fourth-order valence-corrected chi connectivity index (χ4v) is 4.40. The number of amides is 2. The number of hydrogen-bond acceptors (Lipinski definition) is 10. The molecule has 1 aliphatic heterocycles. The van der Waals surface area contributed by atoms with Crippen LogP contribution in [0.5, 0.6) is 5.75 Å². The summed E-state index contributed by atoms with van der Waals surface area (Å²) in [6.07, 6.45) is -1.92. The second kappa shape index (κ2) is 15.1. The minimum atomic E-state index is -1.41. The van der Waals surface area contributed by atoms with Gasteiger partial charge in [0.05, 0.1) is 24.0 Å². The van der Waals surface area contributed by atoms with Crippen LogP contribution in [0.1, 0.15) is 66.5 Å². The lowest BCUT2D eigenvalue weighted by Gasteiger charge is -2.14. The van der Waals surface area contributed by atoms with E-state index < -0.39 is 42.5 Å². The number of anilines is 1. The van der Waals surface area contributed by atoms with Gasteiger partial charge in [0.15, 0.2) is 12.2 Å². The largest absolute Gasteiger partial charge is 0.479 e. The maximum atomic E-state index is 12.9. The number of H-pyrrole nitrogens is 1. The number of aromatic amines is 1. The van der Waals surface area contributed by atoms with Gasteiger partial charge in [0.25, 0.3) is 11.8 Å². The van der Waals surface area contributed by atoms with Crippen LogP contribution in [-0.2, 0) is 33.4 Å². The second-order valence-electron chi connectivity index (χ2n) is 10.6. The van der Waals surface area contributed by atoms with E-state index in [0.29, 0.717) is 52.4 Å². The molecule has 0 saturated carbocycles. The predicted molar refractivity (Wildman–Crippen MR) is 162 cm³/mol. The molecule has 2 heterocycles. The highest BCUT2D eigenvalue weighted by Crippen LogP contribution is 2.36. The molecular formula is C31H38N4O10. The lowest BCUT2D eigenvalue weighted by molar-refractivity contribution is -0.175. The van der Waals surface area contributed by atoms with Crippen LogP contribution in [0.3, 0.4) is 0 Å². The number of nitrogens with one attached hydrogen (secondary N) is 3. The molecule has 2 unspecified atom stereocenters. The van der Waals surface area contributed by atoms with Gasteiger partial charge in [-0.05, 0) is 71.1 Å². The third-order valence-electron chi connectivity index (χ3n) is 7.13. The number of carboxylic acids is 1. The molecule has 4 N–H and O–H groups in total. The minimum Gasteiger partial charge on any atom is -0.479 e. The number of esters is 3. The van der Waals surface area contributed by atoms with Crippen molar-refractivity contribution in [3.8, 4) is 5.75 Å². The molecule has 2 aromatic rings. The Morgan fingerprint density at radius 2 is 1.73 bits per heavy atom. The van der Waals surface area contributed by atoms with Gasteiger partial charge in [0, 0.05) is 35.7 Å². The van der Waals surface area contributed by atoms with Crippen LogP contribution >= 0.6 is 0 Å². The third kappa shape index (κ3) is 9.01. The van der Waals surface area contributed by atoms with Crippen molar-refractivity contribution in [2.75, 3.05) is 32.0 Å². The van der Waals surface area contributed by atoms with Gasteiger partial charge in [0.2, 0.25) is 0 Å². The molecule has 0 fully saturated rings. The van der Waals surface area contributed by atoms with E-state index in [0.717, 1.165) is 13.5 Å². The van der Waals surface area contributed by atoms with Gasteiger partial charge in [0.1, 0.15) is 5.75 Å². The summed E-state index contributed by atoms with van der Waals surface area (Å²) in [6, 6.07) is 4.58. The molecule has 1 aliphatic rings. The van der Waals surface area contributed by atoms with Gasteiger partial charge in [-0.2, -0.15) is 0 Å². The van der Waals surface area contributed by atoms with Crippen molar-refractivity contribution in [3.63, 3.8) is 0 Å². The van der Waals surface area contributed by atoms with Crippen molar-refractivity contribution >= 4 is 53.0 Å². The summed E-state index contributed by atoms with van der Waals surface area (Å²) >= 11 is 0. The third-order valence-corrected chi connectivity index (χ3v) is 7.13. The Kier molecular flexibility index (Phi) is 11.6. The molecule has 45 heavy (non-hydrogen) atoms. The van der Waals surface area contributed by atoms with E-state index in [4.69, 9.17) is 14.6 Å². The number of aromatic nitrogens is 1. The average molecular weight is 627 g/mol. The molecule has 3 rings (SSSR count). The first-order valence-corrected chi connectivity index (χ1v) is 14.4. The lowest BCUT2D eigenvalue weighted by atomic mass is 10.0. The summed E-state index contributed by atoms with van der Waals surface area (Å²) < 4.78 is 14.9. The standard InChI is InChI=1S/C31H38N4O10/c1-7-35(6)13-12-32-29(39)27-16(2)24(33-17(27)3)15-22-21-14-20(8-9-23(21)34-28(22)38)45-26(37)11-10-25(36)43-19(5)31(42)44-18(4)30(40)41/h8-9,14-15,18-19,33H,7,10-13H2,1-6H3,(H,32,39)(H,34,38)(H,40,41)/b22-15-. The summed E-state index contributed by atoms with van der Waals surface area (Å²) in [7, 11) is 1.97. The fourth-order valence-electron chi connectivity index (χ4n) is 4.40. The van der Waals surface area contributed by atoms with Gasteiger partial charge >= 0.3 is 23.9 Å². The minimum absolute atomic E-state index is 0.130. The Bertz CT molecular complexity index is 1530. The Balaban J connectivity index is 1.65. The molecule has 2 amide bonds. The number of carbonyl (C=O) groups is 6. The van der Waals surface area contributed by atoms with Crippen LogP contribution in [0.2, 0.25) is 0 Å². The Morgan fingerprint density at radius 1 is 1.04 bits per heavy atom. The Morgan fingerprint density at radius 3 is 2.40 bits per heavy atom. The quantitative estimate of drug-likeness (QED) is 0.137. The number of carboxylic acid groups (broad SMARTS) is 1. The molecule has 0 bridgehead atoms. The SMILES string of the molecule is CCN(C)CCNC(=O)c1c(C)[nH]c(/C=C2\C(=O)Nc3ccc(OC(=O)CCC(=O)OC(C)C(=O)OC(C)C(=O)O)cc32)c1C. The normalized spacial score (nSPS) is 14.4. The molecule has 0 aliphatic carbocycles. The van der Waals surface area contributed by atoms with Crippen LogP contribution in [0.25, 0.3) is 11.6 Å². The van der Waals surface area contributed by atoms with Crippen LogP contribution in [0.15, 0.2) is 18.2 Å². The number of rotatable bonds is 14. The number of benzene rings is 1. The molecule has 14 heteroatoms. The van der Waals surface area contributed by atoms with Gasteiger partial charge in [-0.15, -0.1) is 0 Å². The van der Waals surface area contributed by atoms with Crippen LogP contribution < -0.4 is 15.4 Å². The van der Waals surface area contributed by atoms with Gasteiger partial charge < -0.3 is 39.8 Å². The summed E-state index contributed by atoms with van der Waals surface area (Å²) in [6.45, 7) is 10.0. The van der Waals surface area contributed by atoms with Crippen molar-refractivity contribution in [3.05, 3.63) is 46.3 Å². The number of aliphatic carboxylic acids is 1. The maximum absolute atomic E-state index is 12.9. The van der Waals surface area contributed by atoms with E-state index in [-0.39, 0.29) is 24.0 Å². The van der Waals surface area contributed by atoms with Crippen molar-refractivity contribution in [2.24, 2.45) is 0 Å². The first kappa shape index (κ1) is 34.5. The summed E-state index contributed by atoms with van der Waals surface area (Å²) in [5, 5.41) is 14.5. The highest BCUT2D eigenvalue weighted by molar-refractivity contribution is 6.35. The zero-order valence-corrected chi connectivity index (χ0v) is 26.1. The molecule has 1 aromatic carbocycles. The number of aryl methyl sites for hydroxylation is 1. The zero-order valence-electron chi connectivity index (χ0n) is 26.1. The fraction of sp³-hybridized carbons (Fsp3) is 0.419. The average Bonchev–Trinajstić information content (AvgIpc) is 3.44. The number of carbonyl (C=O) groups excluding carboxylic acids is 5. The van der Waals surface area contributed by atoms with Gasteiger partial charge in [-0.1, -0.05) is 6.92 Å². The Labute approximate surface area is 260 Å². The molecule has 2 atom stereocenters. The van der Waals surface area contributed by atoms with E-state index in [2.05, 4.69) is 25.3 Å². The van der Waals surface area contributed by atoms with Gasteiger partial charge in [-0.25, -0.2) is 9.59 Å². The highest BCUT2D eigenvalue weighted by atomic mass is 16.6. The van der Waals surface area contributed by atoms with Gasteiger partial charge in [-0.3, -0.25) is 19.2 Å². The molecule has 0 saturated heterocycles. The monoisotopic (exact) mass is 626 g/mol. The van der Waals surface area contributed by atoms with Crippen molar-refractivity contribution in [1.29, 1.82) is 0 Å². The summed E-state index contributed by atoms with van der Waals surface area (Å²) in [5.41, 5.74) is 3.70. The van der Waals surface area contributed by atoms with Crippen molar-refractivity contribution < 1.29 is 48.1 Å². The van der Waals surface area contributed by atoms with Crippen LogP contribution in [0, 0.1) is 13.8 Å². The summed E-state index contributed by atoms with van der Waals surface area (Å²) in [4.78, 5) is 78.2. The van der Waals surface area contributed by atoms with Crippen LogP contribution in [-0.4, -0.2) is 89.6 Å². The molecule has 242 valence electrons. The maximum Gasteiger partial charge on any atom is 0.347 e. The molecule has 0 spiro atoms. The zero-order chi connectivity index (χ0) is 33.4. The lowest BCUT2D eigenvalue weighted by Crippen LogP contribution is -2.33. The van der Waals surface area contributed by atoms with E-state index in [1.54, 1.807) is 26.0 Å². The van der Waals surface area contributed by atoms with Crippen LogP contribution in [0.4, 0.5) is 5.69 Å². The van der Waals surface area contributed by atoms with E-state index in [1.807, 2.05) is 14.0 Å². The van der Waals surface area contributed by atoms with E-state index >= 15 is 0 Å². The predicted octanol–water partition coefficient (Wildman–Crippen LogP) is 2.44. The summed E-state index contributed by atoms with van der Waals surface area (Å²) in [5.74, 6) is -4.49. The second-order valence-corrected chi connectivity index (χ2v) is 10.6. The number of nitrogens with zero attached hydrogens (tertiary/aromatic N) is 1. The number of likely N-dealkylation sites (N-methyl/N-ethyl adjacent to an activating group) is 1. The van der Waals surface area contributed by atoms with E-state index in [1.165, 1.54) is 19.1 Å². The molecular weight excluding hydrogens is 588 g/mol. The smallest absolute Gasteiger partial charge is 0.347 e. The number of hydrogen-bond donors (Lipinski definition) is 4. The first-order valence-electron chi connectivity index (χ1n) is 14.4. The van der Waals surface area contributed by atoms with Crippen molar-refractivity contribution in [1.82, 2.24) is 15.2 Å². The molecule has 1 aromatic heterocycles. The first-order chi connectivity index (χ1) is 21.2. The van der Waals surface area contributed by atoms with E-state index in [9.17, 15) is 28.8 Å². The van der Waals surface area contributed by atoms with Crippen molar-refractivity contribution in [2.45, 2.75) is 59.7 Å².